The van der Waals surface area contributed by atoms with Crippen molar-refractivity contribution in [2.45, 2.75) is 39.5 Å². The van der Waals surface area contributed by atoms with Gasteiger partial charge in [-0.3, -0.25) is 0 Å². The highest BCUT2D eigenvalue weighted by Gasteiger charge is 1.94. The van der Waals surface area contributed by atoms with E-state index in [1.165, 1.54) is 12.8 Å². The normalized spacial score (nSPS) is 9.64. The Morgan fingerprint density at radius 2 is 2.00 bits per heavy atom. The van der Waals surface area contributed by atoms with Crippen LogP contribution in [0.15, 0.2) is 12.3 Å². The van der Waals surface area contributed by atoms with Crippen LogP contribution in [-0.4, -0.2) is 6.61 Å². The third-order valence-electron chi connectivity index (χ3n) is 1.35. The molecule has 0 saturated heterocycles. The number of hydrogen-bond acceptors (Lipinski definition) is 2. The van der Waals surface area contributed by atoms with Crippen LogP contribution in [0.25, 0.3) is 0 Å². The highest BCUT2D eigenvalue weighted by atomic mass is 17.2. The van der Waals surface area contributed by atoms with Crippen LogP contribution < -0.4 is 0 Å². The van der Waals surface area contributed by atoms with Crippen molar-refractivity contribution in [3.05, 3.63) is 12.3 Å². The van der Waals surface area contributed by atoms with Gasteiger partial charge >= 0.3 is 0 Å². The first-order valence-electron chi connectivity index (χ1n) is 4.28. The average Bonchev–Trinajstić information content (AvgIpc) is 2.01. The summed E-state index contributed by atoms with van der Waals surface area (Å²) in [6, 6.07) is 0. The molecule has 0 atom stereocenters. The zero-order valence-electron chi connectivity index (χ0n) is 7.56. The maximum Gasteiger partial charge on any atom is 0.135 e. The van der Waals surface area contributed by atoms with Crippen LogP contribution in [0.4, 0.5) is 0 Å². The Kier molecular flexibility index (Phi) is 7.26. The van der Waals surface area contributed by atoms with E-state index in [-0.39, 0.29) is 0 Å². The summed E-state index contributed by atoms with van der Waals surface area (Å²) in [6.07, 6.45) is 4.51. The Bertz CT molecular complexity index is 99.7. The first-order valence-corrected chi connectivity index (χ1v) is 4.28. The summed E-state index contributed by atoms with van der Waals surface area (Å²) in [4.78, 5) is 9.57. The Balaban J connectivity index is 3.09. The Labute approximate surface area is 69.1 Å². The van der Waals surface area contributed by atoms with Gasteiger partial charge in [0, 0.05) is 6.42 Å². The van der Waals surface area contributed by atoms with Crippen LogP contribution in [-0.2, 0) is 9.78 Å². The van der Waals surface area contributed by atoms with E-state index in [1.807, 2.05) is 6.92 Å². The lowest BCUT2D eigenvalue weighted by atomic mass is 10.2. The molecule has 0 aromatic rings. The molecule has 0 aliphatic heterocycles. The molecule has 0 aliphatic rings. The fourth-order valence-corrected chi connectivity index (χ4v) is 0.756. The molecule has 0 spiro atoms. The number of rotatable bonds is 7. The van der Waals surface area contributed by atoms with E-state index >= 15 is 0 Å². The van der Waals surface area contributed by atoms with Gasteiger partial charge in [0.05, 0.1) is 6.61 Å². The van der Waals surface area contributed by atoms with Gasteiger partial charge in [-0.05, 0) is 13.3 Å². The predicted octanol–water partition coefficient (Wildman–Crippen LogP) is 3.05. The molecule has 0 rings (SSSR count). The quantitative estimate of drug-likeness (QED) is 0.245. The van der Waals surface area contributed by atoms with Crippen LogP contribution in [0.1, 0.15) is 39.5 Å². The molecule has 66 valence electrons. The number of hydrogen-bond donors (Lipinski definition) is 0. The second-order valence-corrected chi connectivity index (χ2v) is 2.49. The molecule has 2 nitrogen and oxygen atoms in total. The Morgan fingerprint density at radius 3 is 2.55 bits per heavy atom. The summed E-state index contributed by atoms with van der Waals surface area (Å²) < 4.78 is 0. The van der Waals surface area contributed by atoms with Gasteiger partial charge in [-0.1, -0.05) is 26.3 Å². The largest absolute Gasteiger partial charge is 0.343 e. The highest BCUT2D eigenvalue weighted by Crippen LogP contribution is 2.07. The fourth-order valence-electron chi connectivity index (χ4n) is 0.756. The number of allylic oxidation sites excluding steroid dienone is 1. The lowest BCUT2D eigenvalue weighted by Crippen LogP contribution is -1.93. The topological polar surface area (TPSA) is 18.5 Å². The molecule has 11 heavy (non-hydrogen) atoms. The van der Waals surface area contributed by atoms with Crippen molar-refractivity contribution in [1.29, 1.82) is 0 Å². The van der Waals surface area contributed by atoms with Crippen molar-refractivity contribution < 1.29 is 9.78 Å². The van der Waals surface area contributed by atoms with Gasteiger partial charge in [0.25, 0.3) is 0 Å². The second-order valence-electron chi connectivity index (χ2n) is 2.49. The van der Waals surface area contributed by atoms with E-state index in [0.717, 1.165) is 18.6 Å². The summed E-state index contributed by atoms with van der Waals surface area (Å²) in [5.74, 6) is 0.736. The fraction of sp³-hybridized carbons (Fsp3) is 0.778. The highest BCUT2D eigenvalue weighted by molar-refractivity contribution is 4.79. The third-order valence-corrected chi connectivity index (χ3v) is 1.35. The molecule has 0 fully saturated rings. The summed E-state index contributed by atoms with van der Waals surface area (Å²) >= 11 is 0. The Morgan fingerprint density at radius 1 is 1.27 bits per heavy atom. The minimum Gasteiger partial charge on any atom is -0.343 e. The lowest BCUT2D eigenvalue weighted by molar-refractivity contribution is -0.259. The van der Waals surface area contributed by atoms with Gasteiger partial charge in [0.15, 0.2) is 0 Å². The van der Waals surface area contributed by atoms with Gasteiger partial charge in [0.1, 0.15) is 5.76 Å². The van der Waals surface area contributed by atoms with E-state index in [9.17, 15) is 0 Å². The van der Waals surface area contributed by atoms with Crippen molar-refractivity contribution >= 4 is 0 Å². The van der Waals surface area contributed by atoms with Crippen molar-refractivity contribution in [3.8, 4) is 0 Å². The molecule has 0 amide bonds. The van der Waals surface area contributed by atoms with E-state index < -0.39 is 0 Å². The van der Waals surface area contributed by atoms with Crippen LogP contribution in [0.2, 0.25) is 0 Å². The first-order chi connectivity index (χ1) is 5.31. The smallest absolute Gasteiger partial charge is 0.135 e. The second kappa shape index (κ2) is 7.61. The van der Waals surface area contributed by atoms with Crippen molar-refractivity contribution in [2.24, 2.45) is 0 Å². The minimum atomic E-state index is 0.576. The van der Waals surface area contributed by atoms with Gasteiger partial charge in [0.2, 0.25) is 0 Å². The van der Waals surface area contributed by atoms with E-state index in [4.69, 9.17) is 9.78 Å². The van der Waals surface area contributed by atoms with E-state index in [1.54, 1.807) is 0 Å². The summed E-state index contributed by atoms with van der Waals surface area (Å²) in [7, 11) is 0. The van der Waals surface area contributed by atoms with Gasteiger partial charge < -0.3 is 4.89 Å². The molecule has 0 N–H and O–H groups in total. The molecule has 2 heteroatoms. The van der Waals surface area contributed by atoms with E-state index in [2.05, 4.69) is 13.5 Å². The molecule has 0 aliphatic carbocycles. The minimum absolute atomic E-state index is 0.576. The van der Waals surface area contributed by atoms with Crippen LogP contribution in [0.5, 0.6) is 0 Å². The van der Waals surface area contributed by atoms with Crippen LogP contribution in [0.3, 0.4) is 0 Å². The van der Waals surface area contributed by atoms with Gasteiger partial charge in [-0.15, -0.1) is 0 Å². The molecule has 0 radical (unpaired) electrons. The molecule has 0 unspecified atom stereocenters. The average molecular weight is 158 g/mol. The van der Waals surface area contributed by atoms with Crippen molar-refractivity contribution in [1.82, 2.24) is 0 Å². The van der Waals surface area contributed by atoms with Gasteiger partial charge in [-0.2, -0.15) is 4.89 Å². The first kappa shape index (κ1) is 10.5. The zero-order chi connectivity index (χ0) is 8.53. The molecular formula is C9H18O2. The summed E-state index contributed by atoms with van der Waals surface area (Å²) in [6.45, 7) is 8.35. The third kappa shape index (κ3) is 7.40. The molecule has 0 heterocycles. The molecule has 0 saturated carbocycles. The monoisotopic (exact) mass is 158 g/mol. The number of unbranched alkanes of at least 4 members (excludes halogenated alkanes) is 2. The predicted molar refractivity (Wildman–Crippen MR) is 46.0 cm³/mol. The molecular weight excluding hydrogens is 140 g/mol. The maximum absolute atomic E-state index is 4.84. The van der Waals surface area contributed by atoms with Crippen LogP contribution in [0, 0.1) is 0 Å². The standard InChI is InChI=1S/C9H18O2/c1-4-6-7-8-9(3)11-10-5-2/h3-8H2,1-2H3. The summed E-state index contributed by atoms with van der Waals surface area (Å²) in [5, 5.41) is 0. The molecule has 0 bridgehead atoms. The van der Waals surface area contributed by atoms with E-state index in [0.29, 0.717) is 6.61 Å². The van der Waals surface area contributed by atoms with Crippen molar-refractivity contribution in [3.63, 3.8) is 0 Å². The lowest BCUT2D eigenvalue weighted by Gasteiger charge is -2.04. The maximum atomic E-state index is 4.84. The zero-order valence-corrected chi connectivity index (χ0v) is 7.56. The van der Waals surface area contributed by atoms with Crippen molar-refractivity contribution in [2.75, 3.05) is 6.61 Å². The SMILES string of the molecule is C=C(CCCCC)OOCC. The summed E-state index contributed by atoms with van der Waals surface area (Å²) in [5.41, 5.74) is 0. The van der Waals surface area contributed by atoms with Crippen LogP contribution >= 0.6 is 0 Å². The Hall–Kier alpha value is -0.500. The molecule has 0 aromatic carbocycles. The van der Waals surface area contributed by atoms with Gasteiger partial charge in [-0.25, -0.2) is 0 Å². The molecule has 0 aromatic heterocycles.